The highest BCUT2D eigenvalue weighted by Crippen LogP contribution is 2.24. The number of hydrogen-bond acceptors (Lipinski definition) is 3. The summed E-state index contributed by atoms with van der Waals surface area (Å²) >= 11 is 6.01. The monoisotopic (exact) mass is 292 g/mol. The third kappa shape index (κ3) is 2.42. The lowest BCUT2D eigenvalue weighted by Gasteiger charge is -2.31. The summed E-state index contributed by atoms with van der Waals surface area (Å²) in [5.41, 5.74) is 6.20. The van der Waals surface area contributed by atoms with Crippen molar-refractivity contribution in [2.75, 3.05) is 7.05 Å². The van der Waals surface area contributed by atoms with Crippen molar-refractivity contribution in [3.05, 3.63) is 52.8 Å². The second kappa shape index (κ2) is 5.64. The molecule has 0 aliphatic rings. The number of carbonyl (C=O) groups is 1. The Bertz CT molecular complexity index is 611. The van der Waals surface area contributed by atoms with Crippen LogP contribution in [0.5, 0.6) is 0 Å². The number of aromatic nitrogens is 2. The zero-order chi connectivity index (χ0) is 14.8. The van der Waals surface area contributed by atoms with Crippen molar-refractivity contribution in [1.82, 2.24) is 15.1 Å². The second-order valence-electron chi connectivity index (χ2n) is 4.62. The van der Waals surface area contributed by atoms with Crippen LogP contribution in [0.25, 0.3) is 0 Å². The Hall–Kier alpha value is -1.85. The van der Waals surface area contributed by atoms with Crippen LogP contribution in [0.2, 0.25) is 5.02 Å². The molecule has 0 fully saturated rings. The van der Waals surface area contributed by atoms with E-state index in [1.54, 1.807) is 17.9 Å². The highest BCUT2D eigenvalue weighted by molar-refractivity contribution is 6.31. The van der Waals surface area contributed by atoms with Crippen LogP contribution in [0, 0.1) is 6.92 Å². The molecule has 20 heavy (non-hydrogen) atoms. The predicted molar refractivity (Wildman–Crippen MR) is 78.3 cm³/mol. The van der Waals surface area contributed by atoms with Gasteiger partial charge in [-0.3, -0.25) is 9.48 Å². The van der Waals surface area contributed by atoms with Crippen LogP contribution in [0.1, 0.15) is 11.3 Å². The third-order valence-electron chi connectivity index (χ3n) is 3.54. The van der Waals surface area contributed by atoms with Gasteiger partial charge in [0.05, 0.1) is 23.5 Å². The van der Waals surface area contributed by atoms with E-state index in [4.69, 9.17) is 17.3 Å². The molecule has 0 radical (unpaired) electrons. The number of carbonyl (C=O) groups excluding carboxylic acids is 1. The summed E-state index contributed by atoms with van der Waals surface area (Å²) < 4.78 is 1.68. The minimum atomic E-state index is -1.03. The van der Waals surface area contributed by atoms with E-state index < -0.39 is 11.4 Å². The largest absolute Gasteiger partial charge is 0.368 e. The Labute approximate surface area is 122 Å². The molecule has 2 rings (SSSR count). The number of hydrogen-bond donors (Lipinski definition) is 2. The van der Waals surface area contributed by atoms with Crippen molar-refractivity contribution in [3.63, 3.8) is 0 Å². The highest BCUT2D eigenvalue weighted by Gasteiger charge is 2.38. The Morgan fingerprint density at radius 1 is 1.45 bits per heavy atom. The van der Waals surface area contributed by atoms with Crippen LogP contribution in [0.3, 0.4) is 0 Å². The number of nitrogens with zero attached hydrogens (tertiary/aromatic N) is 2. The first-order valence-corrected chi connectivity index (χ1v) is 6.61. The number of halogens is 1. The van der Waals surface area contributed by atoms with E-state index in [9.17, 15) is 4.79 Å². The lowest BCUT2D eigenvalue weighted by atomic mass is 9.89. The third-order valence-corrected chi connectivity index (χ3v) is 3.92. The summed E-state index contributed by atoms with van der Waals surface area (Å²) in [6, 6.07) is 9.35. The fraction of sp³-hybridized carbons (Fsp3) is 0.286. The van der Waals surface area contributed by atoms with Crippen LogP contribution in [0.15, 0.2) is 36.5 Å². The zero-order valence-electron chi connectivity index (χ0n) is 11.4. The molecule has 6 heteroatoms. The maximum absolute atomic E-state index is 12.1. The summed E-state index contributed by atoms with van der Waals surface area (Å²) in [5.74, 6) is -0.461. The highest BCUT2D eigenvalue weighted by atomic mass is 35.5. The summed E-state index contributed by atoms with van der Waals surface area (Å²) in [5, 5.41) is 7.79. The van der Waals surface area contributed by atoms with Crippen LogP contribution >= 0.6 is 11.6 Å². The van der Waals surface area contributed by atoms with Crippen LogP contribution in [-0.4, -0.2) is 22.7 Å². The lowest BCUT2D eigenvalue weighted by Crippen LogP contribution is -2.54. The predicted octanol–water partition coefficient (Wildman–Crippen LogP) is 1.45. The first kappa shape index (κ1) is 14.6. The summed E-state index contributed by atoms with van der Waals surface area (Å²) in [7, 11) is 1.71. The van der Waals surface area contributed by atoms with Gasteiger partial charge in [-0.15, -0.1) is 0 Å². The minimum absolute atomic E-state index is 0.279. The van der Waals surface area contributed by atoms with E-state index in [2.05, 4.69) is 10.4 Å². The van der Waals surface area contributed by atoms with Gasteiger partial charge in [-0.2, -0.15) is 5.10 Å². The smallest absolute Gasteiger partial charge is 0.244 e. The molecule has 0 aliphatic carbocycles. The van der Waals surface area contributed by atoms with E-state index in [0.29, 0.717) is 5.02 Å². The topological polar surface area (TPSA) is 72.9 Å². The quantitative estimate of drug-likeness (QED) is 0.876. The van der Waals surface area contributed by atoms with Crippen molar-refractivity contribution in [1.29, 1.82) is 0 Å². The molecular weight excluding hydrogens is 276 g/mol. The number of likely N-dealkylation sites (N-methyl/N-ethyl adjacent to an activating group) is 1. The van der Waals surface area contributed by atoms with Gasteiger partial charge in [0.2, 0.25) is 5.91 Å². The number of nitrogens with one attached hydrogen (secondary N) is 1. The fourth-order valence-electron chi connectivity index (χ4n) is 2.19. The van der Waals surface area contributed by atoms with Gasteiger partial charge >= 0.3 is 0 Å². The Kier molecular flexibility index (Phi) is 4.11. The molecule has 1 heterocycles. The van der Waals surface area contributed by atoms with Gasteiger partial charge in [-0.25, -0.2) is 0 Å². The molecule has 1 atom stereocenters. The molecule has 1 amide bonds. The van der Waals surface area contributed by atoms with E-state index in [1.807, 2.05) is 37.3 Å². The molecule has 0 bridgehead atoms. The van der Waals surface area contributed by atoms with Crippen LogP contribution in [-0.2, 0) is 16.9 Å². The molecule has 2 aromatic rings. The first-order chi connectivity index (χ1) is 9.51. The van der Waals surface area contributed by atoms with Gasteiger partial charge in [0.1, 0.15) is 5.54 Å². The molecule has 1 unspecified atom stereocenters. The maximum Gasteiger partial charge on any atom is 0.244 e. The van der Waals surface area contributed by atoms with E-state index in [1.165, 1.54) is 0 Å². The Balaban J connectivity index is 2.48. The van der Waals surface area contributed by atoms with Crippen molar-refractivity contribution in [3.8, 4) is 0 Å². The van der Waals surface area contributed by atoms with E-state index >= 15 is 0 Å². The number of primary amides is 1. The summed E-state index contributed by atoms with van der Waals surface area (Å²) in [6.45, 7) is 2.13. The Morgan fingerprint density at radius 2 is 2.10 bits per heavy atom. The molecule has 1 aromatic carbocycles. The molecule has 0 saturated heterocycles. The average Bonchev–Trinajstić information content (AvgIpc) is 2.77. The lowest BCUT2D eigenvalue weighted by molar-refractivity contribution is -0.125. The molecule has 0 aliphatic heterocycles. The average molecular weight is 293 g/mol. The van der Waals surface area contributed by atoms with Gasteiger partial charge in [-0.1, -0.05) is 41.9 Å². The second-order valence-corrected chi connectivity index (χ2v) is 5.03. The summed E-state index contributed by atoms with van der Waals surface area (Å²) in [6.07, 6.45) is 1.56. The van der Waals surface area contributed by atoms with Crippen molar-refractivity contribution in [2.24, 2.45) is 5.73 Å². The molecule has 106 valence electrons. The van der Waals surface area contributed by atoms with Gasteiger partial charge in [0, 0.05) is 0 Å². The maximum atomic E-state index is 12.1. The molecule has 0 spiro atoms. The van der Waals surface area contributed by atoms with Crippen molar-refractivity contribution < 1.29 is 4.79 Å². The molecule has 0 saturated carbocycles. The summed E-state index contributed by atoms with van der Waals surface area (Å²) in [4.78, 5) is 12.1. The SMILES string of the molecule is CNC(Cn1ncc(Cl)c1C)(C(N)=O)c1ccccc1. The van der Waals surface area contributed by atoms with Gasteiger partial charge < -0.3 is 11.1 Å². The van der Waals surface area contributed by atoms with Gasteiger partial charge in [-0.05, 0) is 19.5 Å². The van der Waals surface area contributed by atoms with Crippen LogP contribution in [0.4, 0.5) is 0 Å². The fourth-order valence-corrected chi connectivity index (χ4v) is 2.33. The van der Waals surface area contributed by atoms with E-state index in [-0.39, 0.29) is 6.54 Å². The molecule has 1 aromatic heterocycles. The van der Waals surface area contributed by atoms with Crippen molar-refractivity contribution in [2.45, 2.75) is 19.0 Å². The zero-order valence-corrected chi connectivity index (χ0v) is 12.2. The molecule has 5 nitrogen and oxygen atoms in total. The Morgan fingerprint density at radius 3 is 2.55 bits per heavy atom. The minimum Gasteiger partial charge on any atom is -0.368 e. The molecule has 3 N–H and O–H groups in total. The number of nitrogens with two attached hydrogens (primary N) is 1. The van der Waals surface area contributed by atoms with Gasteiger partial charge in [0.15, 0.2) is 0 Å². The van der Waals surface area contributed by atoms with E-state index in [0.717, 1.165) is 11.3 Å². The van der Waals surface area contributed by atoms with Gasteiger partial charge in [0.25, 0.3) is 0 Å². The normalized spacial score (nSPS) is 13.9. The first-order valence-electron chi connectivity index (χ1n) is 6.23. The molecular formula is C14H17ClN4O. The standard InChI is InChI=1S/C14H17ClN4O/c1-10-12(15)8-18-19(10)9-14(17-2,13(16)20)11-6-4-3-5-7-11/h3-8,17H,9H2,1-2H3,(H2,16,20). The number of amides is 1. The van der Waals surface area contributed by atoms with Crippen LogP contribution < -0.4 is 11.1 Å². The number of benzene rings is 1. The van der Waals surface area contributed by atoms with Crippen molar-refractivity contribution >= 4 is 17.5 Å². The number of rotatable bonds is 5.